The van der Waals surface area contributed by atoms with Gasteiger partial charge in [0.2, 0.25) is 5.89 Å². The zero-order chi connectivity index (χ0) is 17.4. The summed E-state index contributed by atoms with van der Waals surface area (Å²) in [6.45, 7) is 4.00. The van der Waals surface area contributed by atoms with Crippen molar-refractivity contribution >= 4 is 16.9 Å². The summed E-state index contributed by atoms with van der Waals surface area (Å²) >= 11 is 0. The van der Waals surface area contributed by atoms with Crippen LogP contribution in [-0.4, -0.2) is 29.9 Å². The Bertz CT molecular complexity index is 878. The van der Waals surface area contributed by atoms with Crippen molar-refractivity contribution in [1.29, 1.82) is 0 Å². The van der Waals surface area contributed by atoms with Crippen LogP contribution in [0.2, 0.25) is 0 Å². The first-order chi connectivity index (χ1) is 12.2. The molecule has 0 unspecified atom stereocenters. The van der Waals surface area contributed by atoms with Gasteiger partial charge in [-0.3, -0.25) is 4.68 Å². The fourth-order valence-corrected chi connectivity index (χ4v) is 3.37. The first-order valence-electron chi connectivity index (χ1n) is 8.94. The molecule has 1 fully saturated rings. The van der Waals surface area contributed by atoms with Crippen LogP contribution in [0.5, 0.6) is 0 Å². The lowest BCUT2D eigenvalue weighted by molar-refractivity contribution is 0.363. The first kappa shape index (κ1) is 16.0. The normalized spacial score (nSPS) is 16.6. The minimum Gasteiger partial charge on any atom is -0.358 e. The number of nitrogens with zero attached hydrogens (tertiary/aromatic N) is 6. The molecular weight excluding hydrogens is 318 g/mol. The van der Waals surface area contributed by atoms with Gasteiger partial charge in [0, 0.05) is 19.4 Å². The molecule has 0 radical (unpaired) electrons. The average molecular weight is 341 g/mol. The highest BCUT2D eigenvalue weighted by molar-refractivity contribution is 5.86. The number of aromatic nitrogens is 6. The molecule has 4 rings (SSSR count). The molecule has 3 aromatic heterocycles. The molecule has 1 aliphatic carbocycles. The van der Waals surface area contributed by atoms with E-state index in [1.807, 2.05) is 20.9 Å². The number of aryl methyl sites for hydroxylation is 2. The second kappa shape index (κ2) is 6.42. The summed E-state index contributed by atoms with van der Waals surface area (Å²) < 4.78 is 7.15. The maximum atomic E-state index is 5.35. The van der Waals surface area contributed by atoms with Crippen LogP contribution in [0.25, 0.3) is 11.0 Å². The van der Waals surface area contributed by atoms with Crippen LogP contribution in [-0.2, 0) is 13.5 Å². The quantitative estimate of drug-likeness (QED) is 0.761. The number of nitrogens with one attached hydrogen (secondary N) is 1. The maximum Gasteiger partial charge on any atom is 0.248 e. The molecule has 1 aliphatic rings. The highest BCUT2D eigenvalue weighted by Gasteiger charge is 2.23. The van der Waals surface area contributed by atoms with Crippen molar-refractivity contribution in [2.45, 2.75) is 57.9 Å². The Hall–Kier alpha value is -2.51. The Balaban J connectivity index is 1.69. The van der Waals surface area contributed by atoms with Gasteiger partial charge in [-0.25, -0.2) is 9.97 Å². The van der Waals surface area contributed by atoms with E-state index in [4.69, 9.17) is 14.5 Å². The van der Waals surface area contributed by atoms with E-state index in [9.17, 15) is 0 Å². The maximum absolute atomic E-state index is 5.35. The van der Waals surface area contributed by atoms with E-state index in [-0.39, 0.29) is 6.04 Å². The molecular formula is C17H23N7O. The van der Waals surface area contributed by atoms with Crippen LogP contribution in [0.3, 0.4) is 0 Å². The summed E-state index contributed by atoms with van der Waals surface area (Å²) in [6.07, 6.45) is 7.36. The Morgan fingerprint density at radius 2 is 2.08 bits per heavy atom. The third-order valence-electron chi connectivity index (χ3n) is 4.85. The monoisotopic (exact) mass is 341 g/mol. The summed E-state index contributed by atoms with van der Waals surface area (Å²) in [5.74, 6) is 3.40. The summed E-state index contributed by atoms with van der Waals surface area (Å²) in [5.41, 5.74) is 0.853. The number of hydrogen-bond donors (Lipinski definition) is 1. The molecule has 8 heteroatoms. The van der Waals surface area contributed by atoms with Gasteiger partial charge < -0.3 is 9.84 Å². The Morgan fingerprint density at radius 3 is 2.80 bits per heavy atom. The Labute approximate surface area is 146 Å². The minimum absolute atomic E-state index is 0.137. The van der Waals surface area contributed by atoms with Gasteiger partial charge in [-0.05, 0) is 19.8 Å². The van der Waals surface area contributed by atoms with Crippen molar-refractivity contribution in [3.63, 3.8) is 0 Å². The second-order valence-electron chi connectivity index (χ2n) is 6.69. The Kier molecular flexibility index (Phi) is 4.10. The van der Waals surface area contributed by atoms with Gasteiger partial charge in [-0.15, -0.1) is 0 Å². The number of hydrogen-bond acceptors (Lipinski definition) is 7. The van der Waals surface area contributed by atoms with Crippen LogP contribution in [0, 0.1) is 0 Å². The molecule has 0 bridgehead atoms. The zero-order valence-corrected chi connectivity index (χ0v) is 14.9. The van der Waals surface area contributed by atoms with Crippen molar-refractivity contribution in [2.24, 2.45) is 7.05 Å². The summed E-state index contributed by atoms with van der Waals surface area (Å²) in [6, 6.07) is -0.137. The molecule has 0 amide bonds. The molecule has 3 heterocycles. The van der Waals surface area contributed by atoms with Crippen molar-refractivity contribution in [1.82, 2.24) is 29.9 Å². The highest BCUT2D eigenvalue weighted by Crippen LogP contribution is 2.34. The molecule has 1 atom stereocenters. The van der Waals surface area contributed by atoms with E-state index >= 15 is 0 Å². The summed E-state index contributed by atoms with van der Waals surface area (Å²) in [7, 11) is 1.91. The van der Waals surface area contributed by atoms with Gasteiger partial charge in [-0.2, -0.15) is 10.1 Å². The van der Waals surface area contributed by atoms with Crippen molar-refractivity contribution in [3.05, 3.63) is 23.7 Å². The molecule has 3 aromatic rings. The van der Waals surface area contributed by atoms with Crippen molar-refractivity contribution in [3.8, 4) is 0 Å². The minimum atomic E-state index is -0.137. The van der Waals surface area contributed by atoms with Gasteiger partial charge in [-0.1, -0.05) is 24.9 Å². The van der Waals surface area contributed by atoms with Crippen LogP contribution < -0.4 is 5.32 Å². The smallest absolute Gasteiger partial charge is 0.248 e. The molecule has 0 spiro atoms. The van der Waals surface area contributed by atoms with Crippen LogP contribution in [0.1, 0.15) is 69.0 Å². The molecule has 25 heavy (non-hydrogen) atoms. The first-order valence-corrected chi connectivity index (χ1v) is 8.94. The van der Waals surface area contributed by atoms with Gasteiger partial charge in [0.1, 0.15) is 17.7 Å². The Morgan fingerprint density at radius 1 is 1.28 bits per heavy atom. The highest BCUT2D eigenvalue weighted by atomic mass is 16.5. The molecule has 1 saturated carbocycles. The van der Waals surface area contributed by atoms with E-state index in [2.05, 4.69) is 20.6 Å². The van der Waals surface area contributed by atoms with Crippen LogP contribution in [0.15, 0.2) is 10.7 Å². The molecule has 1 N–H and O–H groups in total. The molecule has 0 saturated heterocycles. The topological polar surface area (TPSA) is 94.5 Å². The summed E-state index contributed by atoms with van der Waals surface area (Å²) in [4.78, 5) is 14.0. The summed E-state index contributed by atoms with van der Waals surface area (Å²) in [5, 5.41) is 12.6. The van der Waals surface area contributed by atoms with Gasteiger partial charge in [0.05, 0.1) is 11.6 Å². The third-order valence-corrected chi connectivity index (χ3v) is 4.85. The van der Waals surface area contributed by atoms with Crippen LogP contribution in [0.4, 0.5) is 5.82 Å². The largest absolute Gasteiger partial charge is 0.358 e. The third kappa shape index (κ3) is 2.96. The lowest BCUT2D eigenvalue weighted by Gasteiger charge is -2.14. The zero-order valence-electron chi connectivity index (χ0n) is 14.9. The number of rotatable bonds is 5. The van der Waals surface area contributed by atoms with Gasteiger partial charge in [0.15, 0.2) is 11.5 Å². The van der Waals surface area contributed by atoms with Crippen LogP contribution >= 0.6 is 0 Å². The van der Waals surface area contributed by atoms with E-state index in [1.165, 1.54) is 12.8 Å². The SMILES string of the molecule is CCc1noc([C@H](C)Nc2nc(C3CCCC3)nc3c2cnn3C)n1. The van der Waals surface area contributed by atoms with E-state index in [1.54, 1.807) is 10.9 Å². The second-order valence-corrected chi connectivity index (χ2v) is 6.69. The van der Waals surface area contributed by atoms with E-state index < -0.39 is 0 Å². The van der Waals surface area contributed by atoms with Crippen molar-refractivity contribution in [2.75, 3.05) is 5.32 Å². The predicted molar refractivity (Wildman–Crippen MR) is 93.2 cm³/mol. The fraction of sp³-hybridized carbons (Fsp3) is 0.588. The van der Waals surface area contributed by atoms with E-state index in [0.29, 0.717) is 17.6 Å². The average Bonchev–Trinajstić information content (AvgIpc) is 3.36. The number of anilines is 1. The van der Waals surface area contributed by atoms with Gasteiger partial charge in [0.25, 0.3) is 0 Å². The van der Waals surface area contributed by atoms with Crippen molar-refractivity contribution < 1.29 is 4.52 Å². The van der Waals surface area contributed by atoms with Gasteiger partial charge >= 0.3 is 0 Å². The standard InChI is InChI=1S/C17H23N7O/c1-4-13-20-17(25-23-13)10(2)19-15-12-9-18-24(3)16(12)22-14(21-15)11-7-5-6-8-11/h9-11H,4-8H2,1-3H3,(H,19,21,22)/t10-/m0/s1. The lowest BCUT2D eigenvalue weighted by atomic mass is 10.1. The molecule has 0 aliphatic heterocycles. The molecule has 8 nitrogen and oxygen atoms in total. The lowest BCUT2D eigenvalue weighted by Crippen LogP contribution is -2.12. The predicted octanol–water partition coefficient (Wildman–Crippen LogP) is 3.14. The fourth-order valence-electron chi connectivity index (χ4n) is 3.37. The van der Waals surface area contributed by atoms with E-state index in [0.717, 1.165) is 41.9 Å². The number of fused-ring (bicyclic) bond motifs is 1. The molecule has 0 aromatic carbocycles. The molecule has 132 valence electrons.